The van der Waals surface area contributed by atoms with E-state index in [1.54, 1.807) is 20.8 Å². The molecular weight excluding hydrogens is 484 g/mol. The Bertz CT molecular complexity index is 972. The molecule has 0 spiro atoms. The molecule has 214 valence electrons. The van der Waals surface area contributed by atoms with Crippen molar-refractivity contribution in [2.45, 2.75) is 111 Å². The number of aliphatic hydroxyl groups excluding tert-OH is 1. The number of hydrogen-bond donors (Lipinski definition) is 4. The molecule has 0 radical (unpaired) electrons. The van der Waals surface area contributed by atoms with E-state index in [0.717, 1.165) is 51.4 Å². The normalized spacial score (nSPS) is 38.0. The maximum Gasteiger partial charge on any atom is 0.408 e. The first kappa shape index (κ1) is 28.9. The van der Waals surface area contributed by atoms with Gasteiger partial charge in [0.2, 0.25) is 5.91 Å². The van der Waals surface area contributed by atoms with Crippen LogP contribution in [-0.4, -0.2) is 52.5 Å². The SMILES string of the molecule is C[C@H](C(=O)NC[C@H](NC(=O)OC(C)(C)C)C(=O)O)[C@H]1CC[C@H]2C3CC=C4C[C@@H](O)CC[C@]4(C)[C@H]3CC[C@]12C. The predicted molar refractivity (Wildman–Crippen MR) is 144 cm³/mol. The van der Waals surface area contributed by atoms with Crippen molar-refractivity contribution in [3.63, 3.8) is 0 Å². The van der Waals surface area contributed by atoms with Gasteiger partial charge in [-0.1, -0.05) is 32.4 Å². The number of rotatable bonds is 6. The molecule has 0 bridgehead atoms. The van der Waals surface area contributed by atoms with Gasteiger partial charge in [0.25, 0.3) is 0 Å². The summed E-state index contributed by atoms with van der Waals surface area (Å²) in [6, 6.07) is -1.26. The maximum atomic E-state index is 13.3. The Morgan fingerprint density at radius 1 is 1.11 bits per heavy atom. The van der Waals surface area contributed by atoms with Crippen molar-refractivity contribution in [2.75, 3.05) is 6.54 Å². The summed E-state index contributed by atoms with van der Waals surface area (Å²) >= 11 is 0. The van der Waals surface area contributed by atoms with Crippen molar-refractivity contribution in [3.8, 4) is 0 Å². The van der Waals surface area contributed by atoms with Crippen LogP contribution < -0.4 is 10.6 Å². The summed E-state index contributed by atoms with van der Waals surface area (Å²) in [5.41, 5.74) is 0.993. The Kier molecular flexibility index (Phi) is 7.97. The van der Waals surface area contributed by atoms with E-state index in [1.165, 1.54) is 5.57 Å². The summed E-state index contributed by atoms with van der Waals surface area (Å²) in [4.78, 5) is 37.1. The molecule has 4 aliphatic carbocycles. The summed E-state index contributed by atoms with van der Waals surface area (Å²) in [6.45, 7) is 11.7. The smallest absolute Gasteiger partial charge is 0.408 e. The fraction of sp³-hybridized carbons (Fsp3) is 0.833. The van der Waals surface area contributed by atoms with Gasteiger partial charge in [0.15, 0.2) is 0 Å². The van der Waals surface area contributed by atoms with E-state index in [2.05, 4.69) is 30.6 Å². The highest BCUT2D eigenvalue weighted by molar-refractivity contribution is 5.83. The number of aliphatic hydroxyl groups is 1. The Morgan fingerprint density at radius 2 is 1.82 bits per heavy atom. The zero-order chi connectivity index (χ0) is 28.0. The number of amides is 2. The zero-order valence-electron chi connectivity index (χ0n) is 24.0. The molecule has 4 rings (SSSR count). The molecule has 0 aromatic rings. The number of carbonyl (C=O) groups is 3. The highest BCUT2D eigenvalue weighted by Gasteiger charge is 2.59. The average molecular weight is 533 g/mol. The van der Waals surface area contributed by atoms with Crippen LogP contribution in [0, 0.1) is 40.4 Å². The van der Waals surface area contributed by atoms with E-state index < -0.39 is 23.7 Å². The fourth-order valence-corrected chi connectivity index (χ4v) is 8.70. The van der Waals surface area contributed by atoms with E-state index in [-0.39, 0.29) is 41.2 Å². The van der Waals surface area contributed by atoms with Crippen molar-refractivity contribution in [2.24, 2.45) is 40.4 Å². The molecular formula is C30H48N2O6. The first-order chi connectivity index (χ1) is 17.7. The van der Waals surface area contributed by atoms with Crippen molar-refractivity contribution >= 4 is 18.0 Å². The average Bonchev–Trinajstić information content (AvgIpc) is 3.17. The number of aliphatic carboxylic acids is 1. The minimum absolute atomic E-state index is 0.0781. The van der Waals surface area contributed by atoms with Crippen LogP contribution in [-0.2, 0) is 14.3 Å². The van der Waals surface area contributed by atoms with Crippen LogP contribution in [0.15, 0.2) is 11.6 Å². The van der Waals surface area contributed by atoms with Gasteiger partial charge in [-0.05, 0) is 107 Å². The number of carboxylic acid groups (broad SMARTS) is 1. The van der Waals surface area contributed by atoms with E-state index in [0.29, 0.717) is 17.8 Å². The lowest BCUT2D eigenvalue weighted by molar-refractivity contribution is -0.139. The maximum absolute atomic E-state index is 13.3. The number of carbonyl (C=O) groups excluding carboxylic acids is 2. The van der Waals surface area contributed by atoms with Crippen LogP contribution in [0.4, 0.5) is 4.79 Å². The number of ether oxygens (including phenoxy) is 1. The Morgan fingerprint density at radius 3 is 2.47 bits per heavy atom. The van der Waals surface area contributed by atoms with Crippen LogP contribution in [0.5, 0.6) is 0 Å². The molecule has 4 N–H and O–H groups in total. The Labute approximate surface area is 227 Å². The highest BCUT2D eigenvalue weighted by atomic mass is 16.6. The minimum atomic E-state index is -1.26. The van der Waals surface area contributed by atoms with Gasteiger partial charge in [-0.15, -0.1) is 0 Å². The summed E-state index contributed by atoms with van der Waals surface area (Å²) in [7, 11) is 0. The summed E-state index contributed by atoms with van der Waals surface area (Å²) in [5.74, 6) is 0.454. The molecule has 0 aromatic carbocycles. The molecule has 0 heterocycles. The molecule has 0 aromatic heterocycles. The van der Waals surface area contributed by atoms with Gasteiger partial charge in [0, 0.05) is 12.5 Å². The minimum Gasteiger partial charge on any atom is -0.480 e. The van der Waals surface area contributed by atoms with Crippen LogP contribution in [0.2, 0.25) is 0 Å². The molecule has 0 saturated heterocycles. The van der Waals surface area contributed by atoms with Crippen molar-refractivity contribution < 1.29 is 29.3 Å². The first-order valence-electron chi connectivity index (χ1n) is 14.5. The predicted octanol–water partition coefficient (Wildman–Crippen LogP) is 4.66. The standard InChI is InChI=1S/C30H48N2O6/c1-17(25(34)31-16-24(26(35)36)32-27(37)38-28(2,3)4)21-9-10-22-20-8-7-18-15-19(33)11-13-29(18,5)23(20)12-14-30(21,22)6/h7,17,19-24,33H,8-16H2,1-6H3,(H,31,34)(H,32,37)(H,35,36)/t17-,19-,20?,21+,22-,23-,24-,29-,30+/m0/s1. The molecule has 1 unspecified atom stereocenters. The van der Waals surface area contributed by atoms with Crippen molar-refractivity contribution in [1.29, 1.82) is 0 Å². The molecule has 4 aliphatic rings. The third kappa shape index (κ3) is 5.47. The van der Waals surface area contributed by atoms with Gasteiger partial charge < -0.3 is 25.6 Å². The van der Waals surface area contributed by atoms with Gasteiger partial charge in [-0.3, -0.25) is 4.79 Å². The number of nitrogens with one attached hydrogen (secondary N) is 2. The van der Waals surface area contributed by atoms with Gasteiger partial charge in [0.1, 0.15) is 11.6 Å². The summed E-state index contributed by atoms with van der Waals surface area (Å²) in [5, 5.41) is 25.0. The third-order valence-corrected chi connectivity index (χ3v) is 10.6. The number of hydrogen-bond acceptors (Lipinski definition) is 5. The van der Waals surface area contributed by atoms with E-state index >= 15 is 0 Å². The zero-order valence-corrected chi connectivity index (χ0v) is 24.0. The summed E-state index contributed by atoms with van der Waals surface area (Å²) < 4.78 is 5.17. The Hall–Kier alpha value is -2.09. The lowest BCUT2D eigenvalue weighted by atomic mass is 9.47. The molecule has 2 amide bonds. The quantitative estimate of drug-likeness (QED) is 0.369. The second kappa shape index (κ2) is 10.5. The van der Waals surface area contributed by atoms with Gasteiger partial charge in [-0.25, -0.2) is 9.59 Å². The van der Waals surface area contributed by atoms with Crippen LogP contribution in [0.3, 0.4) is 0 Å². The van der Waals surface area contributed by atoms with Crippen LogP contribution >= 0.6 is 0 Å². The molecule has 3 fully saturated rings. The molecule has 9 atom stereocenters. The fourth-order valence-electron chi connectivity index (χ4n) is 8.70. The lowest BCUT2D eigenvalue weighted by Crippen LogP contribution is -2.52. The molecule has 8 nitrogen and oxygen atoms in total. The van der Waals surface area contributed by atoms with E-state index in [4.69, 9.17) is 4.74 Å². The number of fused-ring (bicyclic) bond motifs is 5. The van der Waals surface area contributed by atoms with E-state index in [1.807, 2.05) is 6.92 Å². The second-order valence-electron chi connectivity index (χ2n) is 14.0. The van der Waals surface area contributed by atoms with Crippen LogP contribution in [0.25, 0.3) is 0 Å². The number of allylic oxidation sites excluding steroid dienone is 1. The highest BCUT2D eigenvalue weighted by Crippen LogP contribution is 2.67. The lowest BCUT2D eigenvalue weighted by Gasteiger charge is -2.58. The second-order valence-corrected chi connectivity index (χ2v) is 14.0. The molecule has 3 saturated carbocycles. The first-order valence-corrected chi connectivity index (χ1v) is 14.5. The Balaban J connectivity index is 1.39. The molecule has 0 aliphatic heterocycles. The van der Waals surface area contributed by atoms with Crippen LogP contribution in [0.1, 0.15) is 92.9 Å². The number of carboxylic acids is 1. The van der Waals surface area contributed by atoms with Crippen molar-refractivity contribution in [3.05, 3.63) is 11.6 Å². The third-order valence-electron chi connectivity index (χ3n) is 10.6. The van der Waals surface area contributed by atoms with Gasteiger partial charge in [-0.2, -0.15) is 0 Å². The van der Waals surface area contributed by atoms with E-state index in [9.17, 15) is 24.6 Å². The topological polar surface area (TPSA) is 125 Å². The monoisotopic (exact) mass is 532 g/mol. The van der Waals surface area contributed by atoms with Gasteiger partial charge >= 0.3 is 12.1 Å². The summed E-state index contributed by atoms with van der Waals surface area (Å²) in [6.07, 6.45) is 9.65. The molecule has 8 heteroatoms. The van der Waals surface area contributed by atoms with Crippen molar-refractivity contribution in [1.82, 2.24) is 10.6 Å². The largest absolute Gasteiger partial charge is 0.480 e. The number of alkyl carbamates (subject to hydrolysis) is 1. The molecule has 38 heavy (non-hydrogen) atoms. The van der Waals surface area contributed by atoms with Gasteiger partial charge in [0.05, 0.1) is 6.10 Å².